The molecule has 0 spiro atoms. The third-order valence-corrected chi connectivity index (χ3v) is 5.46. The fourth-order valence-electron chi connectivity index (χ4n) is 2.39. The molecule has 0 aliphatic rings. The van der Waals surface area contributed by atoms with Crippen molar-refractivity contribution in [2.45, 2.75) is 24.2 Å². The molecule has 0 heterocycles. The standard InChI is InChI=1S/C19H24N2O4S/c1-15(16-6-4-3-5-7-16)14-20-19(22)12-13-21-26(23,24)18-10-8-17(25-2)9-11-18/h3-11,15,21H,12-14H2,1-2H3,(H,20,22). The van der Waals surface area contributed by atoms with Crippen LogP contribution in [0.4, 0.5) is 0 Å². The molecule has 0 bridgehead atoms. The van der Waals surface area contributed by atoms with Gasteiger partial charge in [-0.05, 0) is 35.7 Å². The molecule has 0 fully saturated rings. The fraction of sp³-hybridized carbons (Fsp3) is 0.316. The van der Waals surface area contributed by atoms with E-state index in [0.29, 0.717) is 12.3 Å². The summed E-state index contributed by atoms with van der Waals surface area (Å²) in [6, 6.07) is 16.0. The maximum atomic E-state index is 12.2. The third-order valence-electron chi connectivity index (χ3n) is 3.99. The lowest BCUT2D eigenvalue weighted by atomic mass is 10.0. The zero-order valence-corrected chi connectivity index (χ0v) is 15.8. The molecule has 0 saturated heterocycles. The molecule has 2 rings (SSSR count). The SMILES string of the molecule is COc1ccc(S(=O)(=O)NCCC(=O)NCC(C)c2ccccc2)cc1. The van der Waals surface area contributed by atoms with E-state index in [-0.39, 0.29) is 29.7 Å². The second-order valence-corrected chi connectivity index (χ2v) is 7.71. The number of hydrogen-bond acceptors (Lipinski definition) is 4. The Morgan fingerprint density at radius 3 is 2.35 bits per heavy atom. The van der Waals surface area contributed by atoms with Crippen molar-refractivity contribution in [2.75, 3.05) is 20.2 Å². The number of sulfonamides is 1. The van der Waals surface area contributed by atoms with Crippen molar-refractivity contribution in [2.24, 2.45) is 0 Å². The largest absolute Gasteiger partial charge is 0.497 e. The number of methoxy groups -OCH3 is 1. The molecule has 0 aliphatic carbocycles. The summed E-state index contributed by atoms with van der Waals surface area (Å²) in [7, 11) is -2.13. The summed E-state index contributed by atoms with van der Waals surface area (Å²) in [5.74, 6) is 0.581. The molecule has 2 aromatic carbocycles. The number of ether oxygens (including phenoxy) is 1. The van der Waals surface area contributed by atoms with Crippen LogP contribution in [-0.4, -0.2) is 34.5 Å². The van der Waals surface area contributed by atoms with Gasteiger partial charge < -0.3 is 10.1 Å². The molecule has 7 heteroatoms. The quantitative estimate of drug-likeness (QED) is 0.703. The molecule has 0 aromatic heterocycles. The van der Waals surface area contributed by atoms with Crippen LogP contribution in [0.5, 0.6) is 5.75 Å². The topological polar surface area (TPSA) is 84.5 Å². The van der Waals surface area contributed by atoms with Crippen molar-refractivity contribution >= 4 is 15.9 Å². The van der Waals surface area contributed by atoms with Crippen LogP contribution >= 0.6 is 0 Å². The maximum Gasteiger partial charge on any atom is 0.240 e. The van der Waals surface area contributed by atoms with Crippen LogP contribution in [0.3, 0.4) is 0 Å². The van der Waals surface area contributed by atoms with Gasteiger partial charge in [0.15, 0.2) is 0 Å². The van der Waals surface area contributed by atoms with E-state index < -0.39 is 10.0 Å². The molecule has 6 nitrogen and oxygen atoms in total. The Balaban J connectivity index is 1.76. The average Bonchev–Trinajstić information content (AvgIpc) is 2.66. The molecule has 1 unspecified atom stereocenters. The van der Waals surface area contributed by atoms with Crippen LogP contribution < -0.4 is 14.8 Å². The van der Waals surface area contributed by atoms with E-state index in [1.54, 1.807) is 12.1 Å². The zero-order valence-electron chi connectivity index (χ0n) is 14.9. The van der Waals surface area contributed by atoms with E-state index in [0.717, 1.165) is 5.56 Å². The highest BCUT2D eigenvalue weighted by molar-refractivity contribution is 7.89. The number of carbonyl (C=O) groups is 1. The van der Waals surface area contributed by atoms with Crippen molar-refractivity contribution in [3.8, 4) is 5.75 Å². The maximum absolute atomic E-state index is 12.2. The lowest BCUT2D eigenvalue weighted by molar-refractivity contribution is -0.120. The molecule has 1 amide bonds. The van der Waals surface area contributed by atoms with Gasteiger partial charge in [-0.25, -0.2) is 13.1 Å². The lowest BCUT2D eigenvalue weighted by Crippen LogP contribution is -2.32. The third kappa shape index (κ3) is 5.86. The first-order valence-corrected chi connectivity index (χ1v) is 9.86. The Labute approximate surface area is 154 Å². The number of carbonyl (C=O) groups excluding carboxylic acids is 1. The Kier molecular flexibility index (Phi) is 7.17. The van der Waals surface area contributed by atoms with E-state index in [1.165, 1.54) is 19.2 Å². The van der Waals surface area contributed by atoms with Crippen molar-refractivity contribution in [3.05, 3.63) is 60.2 Å². The second kappa shape index (κ2) is 9.35. The number of amides is 1. The Hall–Kier alpha value is -2.38. The number of rotatable bonds is 9. The Morgan fingerprint density at radius 1 is 1.08 bits per heavy atom. The summed E-state index contributed by atoms with van der Waals surface area (Å²) in [5, 5.41) is 2.83. The van der Waals surface area contributed by atoms with E-state index in [9.17, 15) is 13.2 Å². The lowest BCUT2D eigenvalue weighted by Gasteiger charge is -2.13. The zero-order chi connectivity index (χ0) is 19.0. The summed E-state index contributed by atoms with van der Waals surface area (Å²) < 4.78 is 31.8. The highest BCUT2D eigenvalue weighted by Gasteiger charge is 2.14. The van der Waals surface area contributed by atoms with Crippen LogP contribution in [0.2, 0.25) is 0 Å². The summed E-state index contributed by atoms with van der Waals surface area (Å²) >= 11 is 0. The van der Waals surface area contributed by atoms with Gasteiger partial charge in [0.2, 0.25) is 15.9 Å². The number of benzene rings is 2. The minimum Gasteiger partial charge on any atom is -0.497 e. The van der Waals surface area contributed by atoms with E-state index in [2.05, 4.69) is 10.0 Å². The first-order chi connectivity index (χ1) is 12.4. The van der Waals surface area contributed by atoms with Crippen molar-refractivity contribution in [1.82, 2.24) is 10.0 Å². The van der Waals surface area contributed by atoms with Gasteiger partial charge >= 0.3 is 0 Å². The van der Waals surface area contributed by atoms with Crippen molar-refractivity contribution in [1.29, 1.82) is 0 Å². The molecular formula is C19H24N2O4S. The average molecular weight is 376 g/mol. The van der Waals surface area contributed by atoms with Gasteiger partial charge in [-0.1, -0.05) is 37.3 Å². The van der Waals surface area contributed by atoms with Gasteiger partial charge in [-0.3, -0.25) is 4.79 Å². The molecule has 0 aliphatic heterocycles. The molecular weight excluding hydrogens is 352 g/mol. The van der Waals surface area contributed by atoms with Gasteiger partial charge in [-0.2, -0.15) is 0 Å². The first kappa shape index (κ1) is 19.9. The monoisotopic (exact) mass is 376 g/mol. The second-order valence-electron chi connectivity index (χ2n) is 5.94. The Bertz CT molecular complexity index is 805. The van der Waals surface area contributed by atoms with Crippen LogP contribution in [0, 0.1) is 0 Å². The molecule has 0 radical (unpaired) electrons. The summed E-state index contributed by atoms with van der Waals surface area (Å²) in [5.41, 5.74) is 1.15. The normalized spacial score (nSPS) is 12.4. The van der Waals surface area contributed by atoms with Crippen LogP contribution in [0.15, 0.2) is 59.5 Å². The molecule has 2 aromatic rings. The van der Waals surface area contributed by atoms with Gasteiger partial charge in [0.25, 0.3) is 0 Å². The van der Waals surface area contributed by atoms with Gasteiger partial charge in [0, 0.05) is 19.5 Å². The first-order valence-electron chi connectivity index (χ1n) is 8.38. The van der Waals surface area contributed by atoms with Crippen LogP contribution in [0.1, 0.15) is 24.8 Å². The Morgan fingerprint density at radius 2 is 1.73 bits per heavy atom. The highest BCUT2D eigenvalue weighted by atomic mass is 32.2. The number of nitrogens with one attached hydrogen (secondary N) is 2. The highest BCUT2D eigenvalue weighted by Crippen LogP contribution is 2.15. The minimum atomic E-state index is -3.64. The van der Waals surface area contributed by atoms with E-state index >= 15 is 0 Å². The van der Waals surface area contributed by atoms with Crippen LogP contribution in [0.25, 0.3) is 0 Å². The predicted molar refractivity (Wildman–Crippen MR) is 101 cm³/mol. The molecule has 1 atom stereocenters. The van der Waals surface area contributed by atoms with Crippen molar-refractivity contribution < 1.29 is 17.9 Å². The predicted octanol–water partition coefficient (Wildman–Crippen LogP) is 2.28. The van der Waals surface area contributed by atoms with Crippen LogP contribution in [-0.2, 0) is 14.8 Å². The smallest absolute Gasteiger partial charge is 0.240 e. The molecule has 140 valence electrons. The summed E-state index contributed by atoms with van der Waals surface area (Å²) in [6.45, 7) is 2.58. The van der Waals surface area contributed by atoms with Crippen molar-refractivity contribution in [3.63, 3.8) is 0 Å². The van der Waals surface area contributed by atoms with Gasteiger partial charge in [0.05, 0.1) is 12.0 Å². The molecule has 26 heavy (non-hydrogen) atoms. The fourth-order valence-corrected chi connectivity index (χ4v) is 3.42. The minimum absolute atomic E-state index is 0.0416. The van der Waals surface area contributed by atoms with E-state index in [1.807, 2.05) is 37.3 Å². The molecule has 2 N–H and O–H groups in total. The van der Waals surface area contributed by atoms with E-state index in [4.69, 9.17) is 4.74 Å². The van der Waals surface area contributed by atoms with Gasteiger partial charge in [0.1, 0.15) is 5.75 Å². The van der Waals surface area contributed by atoms with Gasteiger partial charge in [-0.15, -0.1) is 0 Å². The molecule has 0 saturated carbocycles. The summed E-state index contributed by atoms with van der Waals surface area (Å²) in [6.07, 6.45) is 0.0803. The summed E-state index contributed by atoms with van der Waals surface area (Å²) in [4.78, 5) is 12.1. The number of hydrogen-bond donors (Lipinski definition) is 2.